The van der Waals surface area contributed by atoms with Gasteiger partial charge in [0.05, 0.1) is 25.9 Å². The highest BCUT2D eigenvalue weighted by Crippen LogP contribution is 1.71. The van der Waals surface area contributed by atoms with Crippen molar-refractivity contribution in [3.05, 3.63) is 0 Å². The zero-order valence-electron chi connectivity index (χ0n) is 12.4. The summed E-state index contributed by atoms with van der Waals surface area (Å²) < 4.78 is 0. The van der Waals surface area contributed by atoms with Crippen LogP contribution < -0.4 is 0 Å². The van der Waals surface area contributed by atoms with Crippen molar-refractivity contribution in [2.75, 3.05) is 26.4 Å². The van der Waals surface area contributed by atoms with Gasteiger partial charge in [0.15, 0.2) is 0 Å². The molecule has 0 radical (unpaired) electrons. The van der Waals surface area contributed by atoms with Gasteiger partial charge in [-0.25, -0.2) is 0 Å². The van der Waals surface area contributed by atoms with Gasteiger partial charge in [0.1, 0.15) is 6.10 Å². The minimum atomic E-state index is -0.954. The Balaban J connectivity index is -0.0000000803. The van der Waals surface area contributed by atoms with Crippen LogP contribution in [0.2, 0.25) is 0 Å². The van der Waals surface area contributed by atoms with E-state index < -0.39 is 12.2 Å². The molecule has 0 fully saturated rings. The van der Waals surface area contributed by atoms with Crippen molar-refractivity contribution in [1.29, 1.82) is 0 Å². The van der Waals surface area contributed by atoms with E-state index in [1.54, 1.807) is 13.8 Å². The topological polar surface area (TPSA) is 142 Å². The van der Waals surface area contributed by atoms with Gasteiger partial charge in [0, 0.05) is 12.7 Å². The molecule has 0 aromatic carbocycles. The van der Waals surface area contributed by atoms with Crippen LogP contribution in [0.1, 0.15) is 34.1 Å². The fourth-order valence-electron chi connectivity index (χ4n) is 0.0577. The van der Waals surface area contributed by atoms with Crippen molar-refractivity contribution in [1.82, 2.24) is 0 Å². The number of hydrogen-bond acceptors (Lipinski definition) is 7. The van der Waals surface area contributed by atoms with E-state index in [2.05, 4.69) is 0 Å². The number of hydrogen-bond donors (Lipinski definition) is 7. The lowest BCUT2D eigenvalue weighted by atomic mass is 10.4. The predicted octanol–water partition coefficient (Wildman–Crippen LogP) is -1.53. The van der Waals surface area contributed by atoms with Gasteiger partial charge < -0.3 is 35.7 Å². The summed E-state index contributed by atoms with van der Waals surface area (Å²) in [5.74, 6) is 0. The molecule has 0 spiro atoms. The first-order valence-corrected chi connectivity index (χ1v) is 6.20. The third kappa shape index (κ3) is 97.0. The molecule has 0 saturated carbocycles. The highest BCUT2D eigenvalue weighted by atomic mass is 16.3. The summed E-state index contributed by atoms with van der Waals surface area (Å²) in [6.07, 6.45) is -0.806. The molecule has 0 aliphatic heterocycles. The summed E-state index contributed by atoms with van der Waals surface area (Å²) in [5.41, 5.74) is 0. The molecule has 19 heavy (non-hydrogen) atoms. The van der Waals surface area contributed by atoms with Gasteiger partial charge in [0.2, 0.25) is 0 Å². The largest absolute Gasteiger partial charge is 0.396 e. The zero-order chi connectivity index (χ0) is 16.3. The second-order valence-electron chi connectivity index (χ2n) is 3.87. The molecule has 0 amide bonds. The molecular weight excluding hydrogens is 256 g/mol. The monoisotopic (exact) mass is 288 g/mol. The van der Waals surface area contributed by atoms with E-state index in [9.17, 15) is 0 Å². The normalized spacial score (nSPS) is 10.6. The summed E-state index contributed by atoms with van der Waals surface area (Å²) in [6.45, 7) is 6.35. The Morgan fingerprint density at radius 3 is 0.947 bits per heavy atom. The second-order valence-corrected chi connectivity index (χ2v) is 3.87. The summed E-state index contributed by atoms with van der Waals surface area (Å²) in [4.78, 5) is 0. The number of aliphatic hydroxyl groups is 7. The zero-order valence-corrected chi connectivity index (χ0v) is 12.4. The first kappa shape index (κ1) is 27.1. The fourth-order valence-corrected chi connectivity index (χ4v) is 0.0577. The maximum Gasteiger partial charge on any atom is 0.100 e. The van der Waals surface area contributed by atoms with E-state index in [0.29, 0.717) is 6.61 Å². The minimum Gasteiger partial charge on any atom is -0.396 e. The molecule has 7 N–H and O–H groups in total. The number of aliphatic hydroxyl groups excluding tert-OH is 7. The van der Waals surface area contributed by atoms with Gasteiger partial charge in [-0.15, -0.1) is 0 Å². The molecule has 1 atom stereocenters. The molecule has 7 nitrogen and oxygen atoms in total. The van der Waals surface area contributed by atoms with Crippen LogP contribution in [0.25, 0.3) is 0 Å². The molecule has 0 aromatic rings. The maximum absolute atomic E-state index is 8.17. The summed E-state index contributed by atoms with van der Waals surface area (Å²) in [5, 5.41) is 56.0. The van der Waals surface area contributed by atoms with Crippen LogP contribution in [-0.4, -0.2) is 80.5 Å². The minimum absolute atomic E-state index is 0.139. The SMILES string of the molecule is CC(C)O.CC(O)CO.CCCO.OCC(O)CO. The number of rotatable bonds is 4. The van der Waals surface area contributed by atoms with Crippen molar-refractivity contribution in [2.45, 2.75) is 52.4 Å². The first-order chi connectivity index (χ1) is 8.72. The molecule has 0 rings (SSSR count). The highest BCUT2D eigenvalue weighted by Gasteiger charge is 1.93. The molecule has 0 bridgehead atoms. The average Bonchev–Trinajstić information content (AvgIpc) is 2.38. The Morgan fingerprint density at radius 2 is 0.947 bits per heavy atom. The summed E-state index contributed by atoms with van der Waals surface area (Å²) >= 11 is 0. The van der Waals surface area contributed by atoms with Gasteiger partial charge >= 0.3 is 0 Å². The lowest BCUT2D eigenvalue weighted by molar-refractivity contribution is 0.0450. The molecule has 0 saturated heterocycles. The summed E-state index contributed by atoms with van der Waals surface area (Å²) in [7, 11) is 0. The highest BCUT2D eigenvalue weighted by molar-refractivity contribution is 4.44. The molecule has 0 aliphatic carbocycles. The predicted molar refractivity (Wildman–Crippen MR) is 73.7 cm³/mol. The van der Waals surface area contributed by atoms with Crippen LogP contribution in [-0.2, 0) is 0 Å². The Bertz CT molecular complexity index is 112. The van der Waals surface area contributed by atoms with Crippen molar-refractivity contribution < 1.29 is 35.7 Å². The third-order valence-corrected chi connectivity index (χ3v) is 0.909. The molecule has 7 heteroatoms. The quantitative estimate of drug-likeness (QED) is 0.332. The van der Waals surface area contributed by atoms with E-state index in [0.717, 1.165) is 6.42 Å². The second kappa shape index (κ2) is 26.3. The van der Waals surface area contributed by atoms with E-state index >= 15 is 0 Å². The third-order valence-electron chi connectivity index (χ3n) is 0.909. The average molecular weight is 288 g/mol. The van der Waals surface area contributed by atoms with Crippen LogP contribution in [0.15, 0.2) is 0 Å². The Morgan fingerprint density at radius 1 is 0.737 bits per heavy atom. The Kier molecular flexibility index (Phi) is 37.6. The molecular formula is C12H32O7. The van der Waals surface area contributed by atoms with E-state index in [1.807, 2.05) is 6.92 Å². The van der Waals surface area contributed by atoms with Crippen LogP contribution in [0, 0.1) is 0 Å². The van der Waals surface area contributed by atoms with E-state index in [-0.39, 0.29) is 25.9 Å². The maximum atomic E-state index is 8.17. The molecule has 122 valence electrons. The summed E-state index contributed by atoms with van der Waals surface area (Å²) in [6, 6.07) is 0. The van der Waals surface area contributed by atoms with Crippen LogP contribution in [0.5, 0.6) is 0 Å². The van der Waals surface area contributed by atoms with Gasteiger partial charge in [-0.05, 0) is 27.2 Å². The fraction of sp³-hybridized carbons (Fsp3) is 1.00. The lowest BCUT2D eigenvalue weighted by Crippen LogP contribution is -2.15. The molecule has 0 aliphatic rings. The van der Waals surface area contributed by atoms with E-state index in [1.165, 1.54) is 6.92 Å². The van der Waals surface area contributed by atoms with Crippen LogP contribution in [0.3, 0.4) is 0 Å². The molecule has 1 unspecified atom stereocenters. The standard InChI is InChI=1S/C3H8O3.C3H8O2.2C3H8O/c4-1-3(6)2-5;1-3(5)2-4;1-3(2)4;1-2-3-4/h3-6H,1-2H2;3-5H,2H2,1H3;3-4H,1-2H3;4H,2-3H2,1H3. The van der Waals surface area contributed by atoms with Crippen molar-refractivity contribution in [3.63, 3.8) is 0 Å². The first-order valence-electron chi connectivity index (χ1n) is 6.20. The van der Waals surface area contributed by atoms with Gasteiger partial charge in [-0.2, -0.15) is 0 Å². The van der Waals surface area contributed by atoms with E-state index in [4.69, 9.17) is 35.7 Å². The van der Waals surface area contributed by atoms with Crippen LogP contribution >= 0.6 is 0 Å². The van der Waals surface area contributed by atoms with Gasteiger partial charge in [-0.1, -0.05) is 6.92 Å². The smallest absolute Gasteiger partial charge is 0.100 e. The van der Waals surface area contributed by atoms with Crippen molar-refractivity contribution in [2.24, 2.45) is 0 Å². The van der Waals surface area contributed by atoms with Gasteiger partial charge in [-0.3, -0.25) is 0 Å². The van der Waals surface area contributed by atoms with Crippen molar-refractivity contribution >= 4 is 0 Å². The molecule has 0 heterocycles. The molecule has 0 aromatic heterocycles. The van der Waals surface area contributed by atoms with Crippen molar-refractivity contribution in [3.8, 4) is 0 Å². The Hall–Kier alpha value is -0.280. The van der Waals surface area contributed by atoms with Gasteiger partial charge in [0.25, 0.3) is 0 Å². The lowest BCUT2D eigenvalue weighted by Gasteiger charge is -1.96. The Labute approximate surface area is 115 Å². The van der Waals surface area contributed by atoms with Crippen LogP contribution in [0.4, 0.5) is 0 Å².